The van der Waals surface area contributed by atoms with E-state index in [2.05, 4.69) is 43.9 Å². The van der Waals surface area contributed by atoms with E-state index in [1.54, 1.807) is 0 Å². The van der Waals surface area contributed by atoms with Crippen LogP contribution in [0.3, 0.4) is 0 Å². The third kappa shape index (κ3) is 2.06. The minimum atomic E-state index is -0.662. The Morgan fingerprint density at radius 1 is 1.35 bits per heavy atom. The summed E-state index contributed by atoms with van der Waals surface area (Å²) in [5.74, 6) is 0.209. The highest BCUT2D eigenvalue weighted by molar-refractivity contribution is 5.64. The SMILES string of the molecule is Cc1cccc2c1C(C(C)(C)O)CN2C(C)C. The molecule has 1 aliphatic rings. The van der Waals surface area contributed by atoms with Crippen LogP contribution in [0.4, 0.5) is 5.69 Å². The molecule has 1 aromatic rings. The molecule has 0 amide bonds. The summed E-state index contributed by atoms with van der Waals surface area (Å²) in [6.07, 6.45) is 0. The van der Waals surface area contributed by atoms with Crippen molar-refractivity contribution in [1.82, 2.24) is 0 Å². The average Bonchev–Trinajstić information content (AvgIpc) is 2.57. The Hall–Kier alpha value is -1.02. The van der Waals surface area contributed by atoms with Crippen molar-refractivity contribution < 1.29 is 5.11 Å². The van der Waals surface area contributed by atoms with E-state index in [1.165, 1.54) is 16.8 Å². The van der Waals surface area contributed by atoms with Gasteiger partial charge in [0.25, 0.3) is 0 Å². The Balaban J connectivity index is 2.53. The van der Waals surface area contributed by atoms with Crippen LogP contribution in [0.15, 0.2) is 18.2 Å². The molecule has 0 aliphatic carbocycles. The molecule has 0 saturated heterocycles. The van der Waals surface area contributed by atoms with Crippen molar-refractivity contribution in [3.05, 3.63) is 29.3 Å². The van der Waals surface area contributed by atoms with Gasteiger partial charge in [-0.2, -0.15) is 0 Å². The molecule has 1 aromatic carbocycles. The smallest absolute Gasteiger partial charge is 0.0677 e. The molecule has 0 radical (unpaired) electrons. The quantitative estimate of drug-likeness (QED) is 0.848. The van der Waals surface area contributed by atoms with E-state index in [0.29, 0.717) is 6.04 Å². The fourth-order valence-corrected chi connectivity index (χ4v) is 2.82. The van der Waals surface area contributed by atoms with Gasteiger partial charge in [-0.15, -0.1) is 0 Å². The van der Waals surface area contributed by atoms with Gasteiger partial charge in [0.05, 0.1) is 5.60 Å². The Morgan fingerprint density at radius 2 is 2.00 bits per heavy atom. The number of aliphatic hydroxyl groups is 1. The molecule has 1 unspecified atom stereocenters. The summed E-state index contributed by atoms with van der Waals surface area (Å²) in [5, 5.41) is 10.4. The molecular formula is C15H23NO. The van der Waals surface area contributed by atoms with Gasteiger partial charge in [-0.25, -0.2) is 0 Å². The van der Waals surface area contributed by atoms with Crippen LogP contribution in [0.2, 0.25) is 0 Å². The van der Waals surface area contributed by atoms with E-state index in [9.17, 15) is 5.11 Å². The van der Waals surface area contributed by atoms with Crippen molar-refractivity contribution in [3.63, 3.8) is 0 Å². The average molecular weight is 233 g/mol. The van der Waals surface area contributed by atoms with Gasteiger partial charge in [0.2, 0.25) is 0 Å². The summed E-state index contributed by atoms with van der Waals surface area (Å²) in [6, 6.07) is 6.90. The van der Waals surface area contributed by atoms with Crippen LogP contribution in [0.5, 0.6) is 0 Å². The van der Waals surface area contributed by atoms with Gasteiger partial charge < -0.3 is 10.0 Å². The first kappa shape index (κ1) is 12.4. The molecule has 0 aromatic heterocycles. The van der Waals surface area contributed by atoms with E-state index >= 15 is 0 Å². The monoisotopic (exact) mass is 233 g/mol. The molecule has 0 saturated carbocycles. The van der Waals surface area contributed by atoms with Crippen LogP contribution in [0, 0.1) is 6.92 Å². The molecule has 1 atom stereocenters. The molecule has 1 aliphatic heterocycles. The number of rotatable bonds is 2. The first-order chi connectivity index (χ1) is 7.82. The van der Waals surface area contributed by atoms with Crippen LogP contribution in [0.1, 0.15) is 44.7 Å². The standard InChI is InChI=1S/C15H23NO/c1-10(2)16-9-12(15(4,5)17)14-11(3)7-6-8-13(14)16/h6-8,10,12,17H,9H2,1-5H3. The summed E-state index contributed by atoms with van der Waals surface area (Å²) >= 11 is 0. The molecule has 0 fully saturated rings. The lowest BCUT2D eigenvalue weighted by molar-refractivity contribution is 0.0544. The first-order valence-electron chi connectivity index (χ1n) is 6.41. The van der Waals surface area contributed by atoms with Crippen LogP contribution in [-0.4, -0.2) is 23.3 Å². The van der Waals surface area contributed by atoms with E-state index < -0.39 is 5.60 Å². The maximum Gasteiger partial charge on any atom is 0.0677 e. The van der Waals surface area contributed by atoms with E-state index in [1.807, 2.05) is 13.8 Å². The van der Waals surface area contributed by atoms with Gasteiger partial charge in [0.1, 0.15) is 0 Å². The zero-order chi connectivity index (χ0) is 12.8. The lowest BCUT2D eigenvalue weighted by Gasteiger charge is -2.28. The number of aryl methyl sites for hydroxylation is 1. The minimum Gasteiger partial charge on any atom is -0.390 e. The van der Waals surface area contributed by atoms with Crippen molar-refractivity contribution in [2.75, 3.05) is 11.4 Å². The number of hydrogen-bond donors (Lipinski definition) is 1. The van der Waals surface area contributed by atoms with E-state index in [4.69, 9.17) is 0 Å². The number of anilines is 1. The number of fused-ring (bicyclic) bond motifs is 1. The number of hydrogen-bond acceptors (Lipinski definition) is 2. The zero-order valence-electron chi connectivity index (χ0n) is 11.5. The second kappa shape index (κ2) is 4.02. The number of nitrogens with zero attached hydrogens (tertiary/aromatic N) is 1. The van der Waals surface area contributed by atoms with Crippen molar-refractivity contribution in [2.24, 2.45) is 0 Å². The van der Waals surface area contributed by atoms with Gasteiger partial charge >= 0.3 is 0 Å². The number of benzene rings is 1. The summed E-state index contributed by atoms with van der Waals surface area (Å²) < 4.78 is 0. The fraction of sp³-hybridized carbons (Fsp3) is 0.600. The highest BCUT2D eigenvalue weighted by Gasteiger charge is 2.39. The summed E-state index contributed by atoms with van der Waals surface area (Å²) in [6.45, 7) is 11.3. The summed E-state index contributed by atoms with van der Waals surface area (Å²) in [7, 11) is 0. The molecule has 0 spiro atoms. The molecule has 2 rings (SSSR count). The molecular weight excluding hydrogens is 210 g/mol. The topological polar surface area (TPSA) is 23.5 Å². The van der Waals surface area contributed by atoms with Crippen molar-refractivity contribution in [2.45, 2.75) is 52.2 Å². The molecule has 17 heavy (non-hydrogen) atoms. The van der Waals surface area contributed by atoms with Gasteiger partial charge in [0, 0.05) is 24.2 Å². The normalized spacial score (nSPS) is 19.9. The first-order valence-corrected chi connectivity index (χ1v) is 6.41. The fourth-order valence-electron chi connectivity index (χ4n) is 2.82. The molecule has 1 N–H and O–H groups in total. The van der Waals surface area contributed by atoms with Crippen molar-refractivity contribution >= 4 is 5.69 Å². The van der Waals surface area contributed by atoms with Crippen LogP contribution in [0.25, 0.3) is 0 Å². The molecule has 2 heteroatoms. The summed E-state index contributed by atoms with van der Waals surface area (Å²) in [5.41, 5.74) is 3.25. The van der Waals surface area contributed by atoms with Gasteiger partial charge in [0.15, 0.2) is 0 Å². The van der Waals surface area contributed by atoms with Gasteiger partial charge in [-0.1, -0.05) is 12.1 Å². The zero-order valence-corrected chi connectivity index (χ0v) is 11.5. The molecule has 94 valence electrons. The Labute approximate surface area is 104 Å². The largest absolute Gasteiger partial charge is 0.390 e. The molecule has 0 bridgehead atoms. The van der Waals surface area contributed by atoms with Crippen molar-refractivity contribution in [3.8, 4) is 0 Å². The summed E-state index contributed by atoms with van der Waals surface area (Å²) in [4.78, 5) is 2.39. The molecule has 1 heterocycles. The third-order valence-electron chi connectivity index (χ3n) is 3.81. The second-order valence-electron chi connectivity index (χ2n) is 5.96. The predicted octanol–water partition coefficient (Wildman–Crippen LogP) is 3.08. The maximum absolute atomic E-state index is 10.4. The van der Waals surface area contributed by atoms with Gasteiger partial charge in [-0.3, -0.25) is 0 Å². The highest BCUT2D eigenvalue weighted by Crippen LogP contribution is 2.44. The van der Waals surface area contributed by atoms with E-state index in [-0.39, 0.29) is 5.92 Å². The maximum atomic E-state index is 10.4. The molecule has 2 nitrogen and oxygen atoms in total. The Bertz CT molecular complexity index is 417. The third-order valence-corrected chi connectivity index (χ3v) is 3.81. The van der Waals surface area contributed by atoms with E-state index in [0.717, 1.165) is 6.54 Å². The Morgan fingerprint density at radius 3 is 2.53 bits per heavy atom. The second-order valence-corrected chi connectivity index (χ2v) is 5.96. The van der Waals surface area contributed by atoms with Gasteiger partial charge in [-0.05, 0) is 51.8 Å². The van der Waals surface area contributed by atoms with Crippen LogP contribution >= 0.6 is 0 Å². The van der Waals surface area contributed by atoms with Crippen LogP contribution < -0.4 is 4.90 Å². The lowest BCUT2D eigenvalue weighted by Crippen LogP contribution is -2.36. The highest BCUT2D eigenvalue weighted by atomic mass is 16.3. The Kier molecular flexibility index (Phi) is 2.94. The lowest BCUT2D eigenvalue weighted by atomic mass is 9.84. The predicted molar refractivity (Wildman–Crippen MR) is 72.7 cm³/mol. The van der Waals surface area contributed by atoms with Crippen molar-refractivity contribution in [1.29, 1.82) is 0 Å². The van der Waals surface area contributed by atoms with Crippen LogP contribution in [-0.2, 0) is 0 Å². The minimum absolute atomic E-state index is 0.209.